The number of ether oxygens (including phenoxy) is 3. The Kier molecular flexibility index (Phi) is 12.0. The largest absolute Gasteiger partial charge is 0.488 e. The Hall–Kier alpha value is -7.42. The molecule has 1 atom stereocenters. The normalized spacial score (nSPS) is 12.3. The molecule has 1 aliphatic rings. The molecule has 15 nitrogen and oxygen atoms in total. The third-order valence-corrected chi connectivity index (χ3v) is 11.0. The lowest BCUT2D eigenvalue weighted by molar-refractivity contribution is -0.134. The molecule has 0 saturated carbocycles. The number of methoxy groups -OCH3 is 2. The van der Waals surface area contributed by atoms with E-state index in [0.29, 0.717) is 43.3 Å². The number of hydrogen-bond acceptors (Lipinski definition) is 9. The van der Waals surface area contributed by atoms with Crippen LogP contribution in [0.1, 0.15) is 55.5 Å². The number of fused-ring (bicyclic) bond motifs is 7. The summed E-state index contributed by atoms with van der Waals surface area (Å²) in [6.45, 7) is 5.71. The maximum absolute atomic E-state index is 14.0. The Morgan fingerprint density at radius 2 is 1.47 bits per heavy atom. The fourth-order valence-electron chi connectivity index (χ4n) is 7.99. The number of carbonyl (C=O) groups is 4. The highest BCUT2D eigenvalue weighted by Gasteiger charge is 2.29. The molecule has 7 aromatic rings. The van der Waals surface area contributed by atoms with Gasteiger partial charge in [-0.2, -0.15) is 0 Å². The summed E-state index contributed by atoms with van der Waals surface area (Å²) in [6, 6.07) is 28.9. The van der Waals surface area contributed by atoms with Gasteiger partial charge in [0.05, 0.1) is 49.4 Å². The molecule has 0 radical (unpaired) electrons. The molecule has 318 valence electrons. The molecular formula is C47H48N8O7. The number of aromatic amines is 2. The van der Waals surface area contributed by atoms with Gasteiger partial charge in [0.25, 0.3) is 0 Å². The molecule has 4 amide bonds. The molecule has 0 fully saturated rings. The van der Waals surface area contributed by atoms with Gasteiger partial charge in [-0.25, -0.2) is 19.6 Å². The smallest absolute Gasteiger partial charge is 0.407 e. The molecule has 62 heavy (non-hydrogen) atoms. The summed E-state index contributed by atoms with van der Waals surface area (Å²) in [4.78, 5) is 70.6. The SMILES string of the molecule is CCCN(Cc1nc2ccc(-c3ccc4c(c3)COc3cc5c(ccc6[nH]c(CN(CCC)C(=O)[C@H](NC(=O)OC)c7ccccc7)nc65)cc3-4)cc2[nH]1)C(=O)CNC(=O)OC. The third kappa shape index (κ3) is 8.59. The average molecular weight is 837 g/mol. The Morgan fingerprint density at radius 3 is 2.24 bits per heavy atom. The molecule has 3 heterocycles. The first-order valence-corrected chi connectivity index (χ1v) is 20.6. The number of imidazole rings is 2. The molecule has 0 saturated heterocycles. The van der Waals surface area contributed by atoms with Crippen molar-refractivity contribution in [2.24, 2.45) is 0 Å². The zero-order valence-electron chi connectivity index (χ0n) is 35.0. The Balaban J connectivity index is 1.02. The standard InChI is InChI=1S/C47H48N8O7/c1-5-18-54(42(56)24-48-46(58)60-3)25-40-49-36-16-13-30(22-38(36)51-40)29-12-15-33-32(20-29)27-62-39-23-34-31(21-35(33)39)14-17-37-44(34)52-41(50-37)26-55(19-6-2)45(57)43(53-47(59)61-4)28-10-8-7-9-11-28/h7-17,20-23,43H,5-6,18-19,24-27H2,1-4H3,(H,48,58)(H,49,51)(H,50,52)(H,53,59)/t43-/m1/s1. The van der Waals surface area contributed by atoms with Gasteiger partial charge in [0, 0.05) is 24.0 Å². The van der Waals surface area contributed by atoms with Crippen LogP contribution in [0.3, 0.4) is 0 Å². The number of rotatable bonds is 14. The average Bonchev–Trinajstić information content (AvgIpc) is 3.91. The minimum atomic E-state index is -0.923. The van der Waals surface area contributed by atoms with Crippen LogP contribution < -0.4 is 15.4 Å². The topological polar surface area (TPSA) is 184 Å². The van der Waals surface area contributed by atoms with Gasteiger partial charge in [-0.1, -0.05) is 68.4 Å². The molecule has 5 aromatic carbocycles. The molecule has 0 bridgehead atoms. The fraction of sp³-hybridized carbons (Fsp3) is 0.277. The van der Waals surface area contributed by atoms with Crippen molar-refractivity contribution in [3.8, 4) is 28.0 Å². The zero-order valence-corrected chi connectivity index (χ0v) is 35.0. The number of aromatic nitrogens is 4. The number of H-pyrrole nitrogens is 2. The molecule has 8 rings (SSSR count). The van der Waals surface area contributed by atoms with E-state index in [1.54, 1.807) is 21.9 Å². The number of carbonyl (C=O) groups excluding carboxylic acids is 4. The number of hydrogen-bond donors (Lipinski definition) is 4. The molecule has 2 aromatic heterocycles. The van der Waals surface area contributed by atoms with Crippen molar-refractivity contribution in [1.82, 2.24) is 40.4 Å². The van der Waals surface area contributed by atoms with Crippen LogP contribution in [0, 0.1) is 0 Å². The Labute approximate surface area is 357 Å². The van der Waals surface area contributed by atoms with Crippen molar-refractivity contribution in [1.29, 1.82) is 0 Å². The highest BCUT2D eigenvalue weighted by Crippen LogP contribution is 2.43. The molecule has 0 aliphatic carbocycles. The van der Waals surface area contributed by atoms with Crippen LogP contribution in [-0.4, -0.2) is 87.6 Å². The van der Waals surface area contributed by atoms with Crippen molar-refractivity contribution in [3.05, 3.63) is 114 Å². The summed E-state index contributed by atoms with van der Waals surface area (Å²) < 4.78 is 15.9. The van der Waals surface area contributed by atoms with Gasteiger partial charge >= 0.3 is 12.2 Å². The van der Waals surface area contributed by atoms with Crippen molar-refractivity contribution in [3.63, 3.8) is 0 Å². The molecule has 0 unspecified atom stereocenters. The Bertz CT molecular complexity index is 2800. The minimum absolute atomic E-state index is 0.158. The summed E-state index contributed by atoms with van der Waals surface area (Å²) in [5.74, 6) is 1.55. The number of benzene rings is 5. The van der Waals surface area contributed by atoms with Crippen LogP contribution in [0.4, 0.5) is 9.59 Å². The third-order valence-electron chi connectivity index (χ3n) is 11.0. The quantitative estimate of drug-likeness (QED) is 0.0851. The maximum Gasteiger partial charge on any atom is 0.407 e. The van der Waals surface area contributed by atoms with Gasteiger partial charge in [-0.15, -0.1) is 0 Å². The highest BCUT2D eigenvalue weighted by molar-refractivity contribution is 6.07. The molecule has 1 aliphatic heterocycles. The lowest BCUT2D eigenvalue weighted by atomic mass is 9.91. The van der Waals surface area contributed by atoms with Crippen molar-refractivity contribution < 1.29 is 33.4 Å². The van der Waals surface area contributed by atoms with E-state index >= 15 is 0 Å². The van der Waals surface area contributed by atoms with Crippen LogP contribution >= 0.6 is 0 Å². The molecule has 15 heteroatoms. The van der Waals surface area contributed by atoms with E-state index in [9.17, 15) is 19.2 Å². The number of alkyl carbamates (subject to hydrolysis) is 2. The van der Waals surface area contributed by atoms with Gasteiger partial charge in [0.1, 0.15) is 36.6 Å². The van der Waals surface area contributed by atoms with Crippen LogP contribution in [0.2, 0.25) is 0 Å². The van der Waals surface area contributed by atoms with Gasteiger partial charge in [-0.05, 0) is 82.4 Å². The fourth-order valence-corrected chi connectivity index (χ4v) is 7.99. The van der Waals surface area contributed by atoms with Gasteiger partial charge in [0.2, 0.25) is 11.8 Å². The predicted molar refractivity (Wildman–Crippen MR) is 235 cm³/mol. The number of amides is 4. The van der Waals surface area contributed by atoms with E-state index in [1.807, 2.05) is 56.3 Å². The van der Waals surface area contributed by atoms with Crippen LogP contribution in [0.5, 0.6) is 5.75 Å². The lowest BCUT2D eigenvalue weighted by Gasteiger charge is -2.27. The van der Waals surface area contributed by atoms with Crippen molar-refractivity contribution in [2.75, 3.05) is 33.9 Å². The van der Waals surface area contributed by atoms with E-state index in [1.165, 1.54) is 14.2 Å². The lowest BCUT2D eigenvalue weighted by Crippen LogP contribution is -2.43. The first kappa shape index (κ1) is 41.3. The second kappa shape index (κ2) is 18.1. The van der Waals surface area contributed by atoms with Crippen molar-refractivity contribution in [2.45, 2.75) is 52.4 Å². The number of nitrogens with one attached hydrogen (secondary N) is 4. The second-order valence-electron chi connectivity index (χ2n) is 15.2. The molecule has 4 N–H and O–H groups in total. The first-order valence-electron chi connectivity index (χ1n) is 20.6. The Morgan fingerprint density at radius 1 is 0.758 bits per heavy atom. The van der Waals surface area contributed by atoms with E-state index in [2.05, 4.69) is 61.7 Å². The van der Waals surface area contributed by atoms with E-state index in [4.69, 9.17) is 19.4 Å². The van der Waals surface area contributed by atoms with Gasteiger partial charge in [0.15, 0.2) is 0 Å². The van der Waals surface area contributed by atoms with Crippen molar-refractivity contribution >= 4 is 56.8 Å². The van der Waals surface area contributed by atoms with E-state index in [0.717, 1.165) is 72.8 Å². The summed E-state index contributed by atoms with van der Waals surface area (Å²) in [6.07, 6.45) is 0.125. The van der Waals surface area contributed by atoms with Gasteiger partial charge in [-0.3, -0.25) is 9.59 Å². The second-order valence-corrected chi connectivity index (χ2v) is 15.2. The summed E-state index contributed by atoms with van der Waals surface area (Å²) in [5, 5.41) is 7.10. The van der Waals surface area contributed by atoms with Crippen LogP contribution in [-0.2, 0) is 38.8 Å². The van der Waals surface area contributed by atoms with Gasteiger partial charge < -0.3 is 44.6 Å². The zero-order chi connectivity index (χ0) is 43.3. The van der Waals surface area contributed by atoms with Crippen LogP contribution in [0.25, 0.3) is 55.1 Å². The summed E-state index contributed by atoms with van der Waals surface area (Å²) in [5.41, 5.74) is 9.10. The summed E-state index contributed by atoms with van der Waals surface area (Å²) in [7, 11) is 2.53. The predicted octanol–water partition coefficient (Wildman–Crippen LogP) is 7.75. The number of nitrogens with zero attached hydrogens (tertiary/aromatic N) is 4. The minimum Gasteiger partial charge on any atom is -0.488 e. The highest BCUT2D eigenvalue weighted by atomic mass is 16.5. The van der Waals surface area contributed by atoms with E-state index in [-0.39, 0.29) is 31.4 Å². The van der Waals surface area contributed by atoms with E-state index < -0.39 is 18.2 Å². The maximum atomic E-state index is 14.0. The molecular weight excluding hydrogens is 789 g/mol. The van der Waals surface area contributed by atoms with Crippen LogP contribution in [0.15, 0.2) is 91.0 Å². The summed E-state index contributed by atoms with van der Waals surface area (Å²) >= 11 is 0. The first-order chi connectivity index (χ1) is 30.2. The molecule has 0 spiro atoms. The monoisotopic (exact) mass is 836 g/mol.